The van der Waals surface area contributed by atoms with Gasteiger partial charge in [-0.25, -0.2) is 4.90 Å². The molecule has 0 N–H and O–H groups in total. The molecule has 0 radical (unpaired) electrons. The van der Waals surface area contributed by atoms with Crippen LogP contribution in [0.15, 0.2) is 182 Å². The van der Waals surface area contributed by atoms with Crippen molar-refractivity contribution >= 4 is 39.3 Å². The molecular formula is C52H36N2O2. The third kappa shape index (κ3) is 5.22. The molecule has 0 aliphatic carbocycles. The maximum atomic E-state index is 15.1. The summed E-state index contributed by atoms with van der Waals surface area (Å²) in [6, 6.07) is 61.7. The fraction of sp³-hybridized carbons (Fsp3) is 0.0385. The maximum Gasteiger partial charge on any atom is 0.268 e. The smallest absolute Gasteiger partial charge is 0.268 e. The number of rotatable bonds is 6. The van der Waals surface area contributed by atoms with Crippen LogP contribution < -0.4 is 4.90 Å². The highest BCUT2D eigenvalue weighted by Crippen LogP contribution is 2.45. The van der Waals surface area contributed by atoms with E-state index in [1.807, 2.05) is 72.8 Å². The number of amides is 2. The minimum absolute atomic E-state index is 0.335. The van der Waals surface area contributed by atoms with E-state index in [1.165, 1.54) is 27.2 Å². The van der Waals surface area contributed by atoms with Crippen molar-refractivity contribution in [1.82, 2.24) is 4.57 Å². The molecule has 0 unspecified atom stereocenters. The van der Waals surface area contributed by atoms with Gasteiger partial charge in [0.1, 0.15) is 0 Å². The number of anilines is 1. The van der Waals surface area contributed by atoms with Crippen LogP contribution in [-0.2, 0) is 0 Å². The Morgan fingerprint density at radius 3 is 1.41 bits per heavy atom. The van der Waals surface area contributed by atoms with E-state index in [9.17, 15) is 4.79 Å². The number of hydrogen-bond acceptors (Lipinski definition) is 2. The molecule has 0 bridgehead atoms. The number of benzene rings is 8. The second-order valence-corrected chi connectivity index (χ2v) is 14.5. The Balaban J connectivity index is 1.19. The number of aryl methyl sites for hydroxylation is 2. The average Bonchev–Trinajstić information content (AvgIpc) is 3.70. The Hall–Kier alpha value is -7.30. The fourth-order valence-corrected chi connectivity index (χ4v) is 8.58. The molecule has 0 spiro atoms. The number of fused-ring (bicyclic) bond motifs is 4. The SMILES string of the molecule is Cc1ccccc1-c1ccc2c(c1)c1cc(-c3ccccc3C)ccc1n2-c1cccc2c1C(=O)N(c1cccc(-c3ccccc3)c1-c1ccccc1)C2=O. The van der Waals surface area contributed by atoms with Crippen molar-refractivity contribution in [3.8, 4) is 50.2 Å². The van der Waals surface area contributed by atoms with Crippen LogP contribution in [-0.4, -0.2) is 16.4 Å². The van der Waals surface area contributed by atoms with Gasteiger partial charge in [0.25, 0.3) is 11.8 Å². The molecule has 0 saturated heterocycles. The molecule has 2 heterocycles. The summed E-state index contributed by atoms with van der Waals surface area (Å²) in [5, 5.41) is 2.15. The second kappa shape index (κ2) is 13.2. The lowest BCUT2D eigenvalue weighted by Gasteiger charge is -2.22. The van der Waals surface area contributed by atoms with E-state index in [2.05, 4.69) is 122 Å². The topological polar surface area (TPSA) is 42.3 Å². The zero-order valence-corrected chi connectivity index (χ0v) is 31.0. The second-order valence-electron chi connectivity index (χ2n) is 14.5. The fourth-order valence-electron chi connectivity index (χ4n) is 8.58. The van der Waals surface area contributed by atoms with Crippen molar-refractivity contribution in [2.24, 2.45) is 0 Å². The van der Waals surface area contributed by atoms with E-state index >= 15 is 4.79 Å². The van der Waals surface area contributed by atoms with Crippen LogP contribution in [0.5, 0.6) is 0 Å². The summed E-state index contributed by atoms with van der Waals surface area (Å²) in [7, 11) is 0. The van der Waals surface area contributed by atoms with Crippen LogP contribution in [0.3, 0.4) is 0 Å². The lowest BCUT2D eigenvalue weighted by Crippen LogP contribution is -2.30. The van der Waals surface area contributed by atoms with Crippen LogP contribution in [0.25, 0.3) is 72.0 Å². The van der Waals surface area contributed by atoms with Gasteiger partial charge in [0.05, 0.1) is 33.5 Å². The van der Waals surface area contributed by atoms with Crippen molar-refractivity contribution < 1.29 is 9.59 Å². The van der Waals surface area contributed by atoms with Gasteiger partial charge in [0, 0.05) is 16.3 Å². The van der Waals surface area contributed by atoms with Crippen LogP contribution >= 0.6 is 0 Å². The molecule has 2 amide bonds. The zero-order chi connectivity index (χ0) is 37.9. The van der Waals surface area contributed by atoms with Crippen molar-refractivity contribution in [3.05, 3.63) is 204 Å². The Morgan fingerprint density at radius 1 is 0.357 bits per heavy atom. The monoisotopic (exact) mass is 720 g/mol. The highest BCUT2D eigenvalue weighted by Gasteiger charge is 2.40. The molecule has 0 fully saturated rings. The highest BCUT2D eigenvalue weighted by atomic mass is 16.2. The standard InChI is InChI=1S/C52H36N2O2/c1-33-15-9-11-21-39(33)37-27-29-45-43(31-37)44-32-38(40-22-12-10-16-34(40)2)28-30-46(44)53(45)48-26-14-24-42-50(48)52(56)54(51(42)55)47-25-13-23-41(35-17-5-3-6-18-35)49(47)36-19-7-4-8-20-36/h3-32H,1-2H3. The van der Waals surface area contributed by atoms with Crippen molar-refractivity contribution in [2.45, 2.75) is 13.8 Å². The van der Waals surface area contributed by atoms with Crippen LogP contribution in [0.2, 0.25) is 0 Å². The Labute approximate surface area is 325 Å². The molecule has 1 aromatic heterocycles. The molecule has 8 aromatic carbocycles. The van der Waals surface area contributed by atoms with Gasteiger partial charge in [-0.2, -0.15) is 0 Å². The number of aromatic nitrogens is 1. The summed E-state index contributed by atoms with van der Waals surface area (Å²) >= 11 is 0. The molecule has 4 nitrogen and oxygen atoms in total. The summed E-state index contributed by atoms with van der Waals surface area (Å²) in [6.07, 6.45) is 0. The van der Waals surface area contributed by atoms with Gasteiger partial charge in [-0.1, -0.05) is 140 Å². The van der Waals surface area contributed by atoms with E-state index in [0.717, 1.165) is 55.2 Å². The number of carbonyl (C=O) groups is 2. The molecule has 9 aromatic rings. The summed E-state index contributed by atoms with van der Waals surface area (Å²) in [5.74, 6) is -0.676. The third-order valence-electron chi connectivity index (χ3n) is 11.2. The predicted molar refractivity (Wildman–Crippen MR) is 230 cm³/mol. The van der Waals surface area contributed by atoms with Crippen LogP contribution in [0, 0.1) is 13.8 Å². The first-order valence-corrected chi connectivity index (χ1v) is 18.9. The first kappa shape index (κ1) is 33.3. The molecule has 266 valence electrons. The molecular weight excluding hydrogens is 685 g/mol. The van der Waals surface area contributed by atoms with Gasteiger partial charge in [0.2, 0.25) is 0 Å². The van der Waals surface area contributed by atoms with Crippen LogP contribution in [0.4, 0.5) is 5.69 Å². The summed E-state index contributed by atoms with van der Waals surface area (Å²) in [4.78, 5) is 31.1. The molecule has 0 atom stereocenters. The average molecular weight is 721 g/mol. The lowest BCUT2D eigenvalue weighted by atomic mass is 9.92. The predicted octanol–water partition coefficient (Wildman–Crippen LogP) is 12.9. The Morgan fingerprint density at radius 2 is 0.839 bits per heavy atom. The third-order valence-corrected chi connectivity index (χ3v) is 11.2. The number of carbonyl (C=O) groups excluding carboxylic acids is 2. The van der Waals surface area contributed by atoms with Gasteiger partial charge in [-0.3, -0.25) is 9.59 Å². The molecule has 1 aliphatic heterocycles. The molecule has 56 heavy (non-hydrogen) atoms. The highest BCUT2D eigenvalue weighted by molar-refractivity contribution is 6.37. The molecule has 0 saturated carbocycles. The molecule has 10 rings (SSSR count). The van der Waals surface area contributed by atoms with Gasteiger partial charge < -0.3 is 4.57 Å². The number of nitrogens with zero attached hydrogens (tertiary/aromatic N) is 2. The summed E-state index contributed by atoms with van der Waals surface area (Å²) in [5.41, 5.74) is 14.7. The van der Waals surface area contributed by atoms with Gasteiger partial charge in [-0.15, -0.1) is 0 Å². The molecule has 1 aliphatic rings. The number of imide groups is 1. The van der Waals surface area contributed by atoms with Crippen molar-refractivity contribution in [2.75, 3.05) is 4.90 Å². The largest absolute Gasteiger partial charge is 0.308 e. The van der Waals surface area contributed by atoms with Gasteiger partial charge in [-0.05, 0) is 106 Å². The van der Waals surface area contributed by atoms with E-state index in [-0.39, 0.29) is 11.8 Å². The quantitative estimate of drug-likeness (QED) is 0.161. The zero-order valence-electron chi connectivity index (χ0n) is 31.0. The van der Waals surface area contributed by atoms with E-state index in [4.69, 9.17) is 0 Å². The van der Waals surface area contributed by atoms with Crippen molar-refractivity contribution in [3.63, 3.8) is 0 Å². The maximum absolute atomic E-state index is 15.1. The first-order chi connectivity index (χ1) is 27.5. The van der Waals surface area contributed by atoms with E-state index < -0.39 is 0 Å². The van der Waals surface area contributed by atoms with E-state index in [1.54, 1.807) is 6.07 Å². The normalized spacial score (nSPS) is 12.5. The minimum atomic E-state index is -0.342. The summed E-state index contributed by atoms with van der Waals surface area (Å²) < 4.78 is 2.17. The van der Waals surface area contributed by atoms with Gasteiger partial charge >= 0.3 is 0 Å². The summed E-state index contributed by atoms with van der Waals surface area (Å²) in [6.45, 7) is 4.28. The Bertz CT molecular complexity index is 2930. The first-order valence-electron chi connectivity index (χ1n) is 18.9. The Kier molecular flexibility index (Phi) is 7.86. The molecule has 4 heteroatoms. The van der Waals surface area contributed by atoms with Crippen LogP contribution in [0.1, 0.15) is 31.8 Å². The lowest BCUT2D eigenvalue weighted by molar-refractivity contribution is 0.0926. The van der Waals surface area contributed by atoms with Crippen molar-refractivity contribution in [1.29, 1.82) is 0 Å². The van der Waals surface area contributed by atoms with E-state index in [0.29, 0.717) is 22.5 Å². The number of hydrogen-bond donors (Lipinski definition) is 0. The van der Waals surface area contributed by atoms with Gasteiger partial charge in [0.15, 0.2) is 0 Å². The minimum Gasteiger partial charge on any atom is -0.308 e.